The Morgan fingerprint density at radius 2 is 2.25 bits per heavy atom. The van der Waals surface area contributed by atoms with Crippen LogP contribution in [0, 0.1) is 16.0 Å². The van der Waals surface area contributed by atoms with Gasteiger partial charge in [-0.25, -0.2) is 0 Å². The van der Waals surface area contributed by atoms with Gasteiger partial charge in [-0.2, -0.15) is 0 Å². The highest BCUT2D eigenvalue weighted by Gasteiger charge is 2.26. The summed E-state index contributed by atoms with van der Waals surface area (Å²) in [4.78, 5) is 14.6. The van der Waals surface area contributed by atoms with E-state index < -0.39 is 4.92 Å². The van der Waals surface area contributed by atoms with Gasteiger partial charge in [0.05, 0.1) is 15.6 Å². The minimum Gasteiger partial charge on any atom is -0.393 e. The maximum absolute atomic E-state index is 10.8. The van der Waals surface area contributed by atoms with Crippen molar-refractivity contribution < 1.29 is 4.92 Å². The first-order valence-corrected chi connectivity index (χ1v) is 6.89. The number of nitro groups is 1. The molecule has 110 valence electrons. The lowest BCUT2D eigenvalue weighted by atomic mass is 10.1. The van der Waals surface area contributed by atoms with E-state index in [-0.39, 0.29) is 11.4 Å². The molecule has 7 heteroatoms. The number of hydrogen-bond donors (Lipinski definition) is 1. The van der Waals surface area contributed by atoms with Crippen molar-refractivity contribution in [2.75, 3.05) is 44.4 Å². The standard InChI is InChI=1S/C13H19ClN4O2/c1-16(2)7-9-3-4-17(8-9)12-6-11(15)13(18(19)20)5-10(12)14/h5-6,9H,3-4,7-8,15H2,1-2H3/t9-/m1/s1. The van der Waals surface area contributed by atoms with Crippen molar-refractivity contribution in [2.24, 2.45) is 5.92 Å². The first-order valence-electron chi connectivity index (χ1n) is 6.51. The van der Waals surface area contributed by atoms with Crippen molar-refractivity contribution in [1.82, 2.24) is 4.90 Å². The van der Waals surface area contributed by atoms with Crippen LogP contribution in [0.3, 0.4) is 0 Å². The van der Waals surface area contributed by atoms with Gasteiger partial charge in [-0.05, 0) is 32.5 Å². The van der Waals surface area contributed by atoms with E-state index in [1.807, 2.05) is 0 Å². The fraction of sp³-hybridized carbons (Fsp3) is 0.538. The minimum absolute atomic E-state index is 0.136. The number of rotatable bonds is 4. The van der Waals surface area contributed by atoms with Crippen LogP contribution in [0.25, 0.3) is 0 Å². The van der Waals surface area contributed by atoms with Gasteiger partial charge >= 0.3 is 0 Å². The lowest BCUT2D eigenvalue weighted by Crippen LogP contribution is -2.25. The quantitative estimate of drug-likeness (QED) is 0.524. The Morgan fingerprint density at radius 1 is 1.55 bits per heavy atom. The number of anilines is 2. The molecule has 1 aromatic rings. The Balaban J connectivity index is 2.18. The van der Waals surface area contributed by atoms with E-state index in [0.29, 0.717) is 10.9 Å². The van der Waals surface area contributed by atoms with Gasteiger partial charge in [0.2, 0.25) is 0 Å². The van der Waals surface area contributed by atoms with Crippen LogP contribution in [0.15, 0.2) is 12.1 Å². The number of benzene rings is 1. The van der Waals surface area contributed by atoms with Gasteiger partial charge in [-0.3, -0.25) is 10.1 Å². The molecule has 6 nitrogen and oxygen atoms in total. The molecule has 0 aromatic heterocycles. The third-order valence-electron chi connectivity index (χ3n) is 3.54. The van der Waals surface area contributed by atoms with Gasteiger partial charge in [0, 0.05) is 25.7 Å². The molecule has 1 fully saturated rings. The van der Waals surface area contributed by atoms with Crippen LogP contribution in [0.4, 0.5) is 17.1 Å². The third kappa shape index (κ3) is 3.13. The third-order valence-corrected chi connectivity index (χ3v) is 3.85. The summed E-state index contributed by atoms with van der Waals surface area (Å²) in [7, 11) is 4.11. The van der Waals surface area contributed by atoms with Crippen LogP contribution in [-0.4, -0.2) is 43.6 Å². The summed E-state index contributed by atoms with van der Waals surface area (Å²) in [6, 6.07) is 2.95. The minimum atomic E-state index is -0.510. The van der Waals surface area contributed by atoms with Gasteiger partial charge < -0.3 is 15.5 Å². The summed E-state index contributed by atoms with van der Waals surface area (Å²) in [5.74, 6) is 0.581. The topological polar surface area (TPSA) is 75.6 Å². The van der Waals surface area contributed by atoms with E-state index in [1.165, 1.54) is 6.07 Å². The highest BCUT2D eigenvalue weighted by atomic mass is 35.5. The van der Waals surface area contributed by atoms with E-state index in [9.17, 15) is 10.1 Å². The smallest absolute Gasteiger partial charge is 0.293 e. The molecule has 1 saturated heterocycles. The summed E-state index contributed by atoms with van der Waals surface area (Å²) in [5, 5.41) is 11.2. The van der Waals surface area contributed by atoms with Gasteiger partial charge in [0.1, 0.15) is 5.69 Å². The molecule has 1 atom stereocenters. The van der Waals surface area contributed by atoms with Crippen LogP contribution in [0.1, 0.15) is 6.42 Å². The van der Waals surface area contributed by atoms with Gasteiger partial charge in [-0.1, -0.05) is 11.6 Å². The van der Waals surface area contributed by atoms with Crippen LogP contribution in [0.5, 0.6) is 0 Å². The highest BCUT2D eigenvalue weighted by Crippen LogP contribution is 2.36. The summed E-state index contributed by atoms with van der Waals surface area (Å²) < 4.78 is 0. The number of hydrogen-bond acceptors (Lipinski definition) is 5. The zero-order chi connectivity index (χ0) is 14.9. The number of halogens is 1. The van der Waals surface area contributed by atoms with Gasteiger partial charge in [-0.15, -0.1) is 0 Å². The Bertz CT molecular complexity index is 521. The zero-order valence-electron chi connectivity index (χ0n) is 11.7. The second-order valence-corrected chi connectivity index (χ2v) is 5.89. The molecule has 1 aliphatic rings. The molecule has 20 heavy (non-hydrogen) atoms. The Morgan fingerprint density at radius 3 is 2.85 bits per heavy atom. The van der Waals surface area contributed by atoms with Gasteiger partial charge in [0.15, 0.2) is 0 Å². The van der Waals surface area contributed by atoms with Gasteiger partial charge in [0.25, 0.3) is 5.69 Å². The molecule has 1 aromatic carbocycles. The molecule has 0 bridgehead atoms. The number of nitrogen functional groups attached to an aromatic ring is 1. The van der Waals surface area contributed by atoms with Crippen molar-refractivity contribution in [3.63, 3.8) is 0 Å². The van der Waals surface area contributed by atoms with E-state index in [4.69, 9.17) is 17.3 Å². The molecule has 2 rings (SSSR count). The average molecular weight is 299 g/mol. The van der Waals surface area contributed by atoms with Crippen molar-refractivity contribution in [1.29, 1.82) is 0 Å². The Labute approximate surface area is 123 Å². The maximum Gasteiger partial charge on any atom is 0.293 e. The lowest BCUT2D eigenvalue weighted by molar-refractivity contribution is -0.383. The van der Waals surface area contributed by atoms with E-state index in [2.05, 4.69) is 23.9 Å². The molecule has 1 aliphatic heterocycles. The second-order valence-electron chi connectivity index (χ2n) is 5.48. The number of nitro benzene ring substituents is 1. The van der Waals surface area contributed by atoms with E-state index in [1.54, 1.807) is 6.07 Å². The largest absolute Gasteiger partial charge is 0.393 e. The molecule has 0 amide bonds. The Kier molecular flexibility index (Phi) is 4.35. The van der Waals surface area contributed by atoms with Crippen molar-refractivity contribution in [3.8, 4) is 0 Å². The highest BCUT2D eigenvalue weighted by molar-refractivity contribution is 6.33. The summed E-state index contributed by atoms with van der Waals surface area (Å²) in [6.45, 7) is 2.82. The fourth-order valence-electron chi connectivity index (χ4n) is 2.68. The van der Waals surface area contributed by atoms with Crippen LogP contribution in [-0.2, 0) is 0 Å². The van der Waals surface area contributed by atoms with Crippen molar-refractivity contribution in [2.45, 2.75) is 6.42 Å². The normalized spacial score (nSPS) is 18.8. The lowest BCUT2D eigenvalue weighted by Gasteiger charge is -2.21. The SMILES string of the molecule is CN(C)C[C@H]1CCN(c2cc(N)c([N+](=O)[O-])cc2Cl)C1. The first-order chi connectivity index (χ1) is 9.38. The molecule has 2 N–H and O–H groups in total. The molecule has 0 saturated carbocycles. The second kappa shape index (κ2) is 5.85. The van der Waals surface area contributed by atoms with Crippen LogP contribution < -0.4 is 10.6 Å². The maximum atomic E-state index is 10.8. The molecule has 0 aliphatic carbocycles. The molecular formula is C13H19ClN4O2. The van der Waals surface area contributed by atoms with Crippen LogP contribution in [0.2, 0.25) is 5.02 Å². The van der Waals surface area contributed by atoms with Crippen molar-refractivity contribution >= 4 is 28.7 Å². The fourth-order valence-corrected chi connectivity index (χ4v) is 2.96. The predicted molar refractivity (Wildman–Crippen MR) is 81.4 cm³/mol. The molecule has 0 radical (unpaired) electrons. The molecular weight excluding hydrogens is 280 g/mol. The summed E-state index contributed by atoms with van der Waals surface area (Å²) in [6.07, 6.45) is 1.09. The molecule has 1 heterocycles. The zero-order valence-corrected chi connectivity index (χ0v) is 12.4. The average Bonchev–Trinajstić information content (AvgIpc) is 2.78. The number of nitrogens with zero attached hydrogens (tertiary/aromatic N) is 3. The van der Waals surface area contributed by atoms with Crippen LogP contribution >= 0.6 is 11.6 Å². The van der Waals surface area contributed by atoms with E-state index in [0.717, 1.165) is 31.7 Å². The number of nitrogens with two attached hydrogens (primary N) is 1. The monoisotopic (exact) mass is 298 g/mol. The van der Waals surface area contributed by atoms with Crippen molar-refractivity contribution in [3.05, 3.63) is 27.3 Å². The summed E-state index contributed by atoms with van der Waals surface area (Å²) >= 11 is 6.17. The van der Waals surface area contributed by atoms with E-state index >= 15 is 0 Å². The Hall–Kier alpha value is -1.53. The first kappa shape index (κ1) is 14.9. The molecule has 0 spiro atoms. The predicted octanol–water partition coefficient (Wildman–Crippen LogP) is 2.22. The summed E-state index contributed by atoms with van der Waals surface area (Å²) in [5.41, 5.74) is 6.55. The molecule has 0 unspecified atom stereocenters.